The van der Waals surface area contributed by atoms with E-state index >= 15 is 0 Å². The summed E-state index contributed by atoms with van der Waals surface area (Å²) in [5.74, 6) is 3.39. The van der Waals surface area contributed by atoms with Gasteiger partial charge in [-0.2, -0.15) is 0 Å². The molecule has 0 aliphatic rings. The van der Waals surface area contributed by atoms with Gasteiger partial charge in [0.05, 0.1) is 13.2 Å². The second kappa shape index (κ2) is 18.1. The number of rotatable bonds is 22. The summed E-state index contributed by atoms with van der Waals surface area (Å²) in [6.07, 6.45) is 20.8. The standard InChI is InChI=1S/C38H56O2S2/c1-5-9-13-15-19-29(17-11-7-3)27-39-37-31-21-23-41-35(31)26-34-33(37)25-36-32(22-24-42-36)38(34)40-28-30(18-12-8-4)20-16-14-10-6-2/h21-26,29-30H,5-20,27-28H2,1-4H3. The van der Waals surface area contributed by atoms with Crippen LogP contribution in [0.25, 0.3) is 30.9 Å². The van der Waals surface area contributed by atoms with Crippen molar-refractivity contribution in [1.29, 1.82) is 0 Å². The van der Waals surface area contributed by atoms with Crippen LogP contribution < -0.4 is 9.47 Å². The molecule has 0 amide bonds. The minimum atomic E-state index is 0.624. The average molecular weight is 609 g/mol. The zero-order chi connectivity index (χ0) is 29.6. The Kier molecular flexibility index (Phi) is 14.3. The number of benzene rings is 2. The molecule has 0 saturated carbocycles. The molecule has 0 bridgehead atoms. The summed E-state index contributed by atoms with van der Waals surface area (Å²) >= 11 is 3.64. The molecule has 2 aromatic heterocycles. The number of thiophene rings is 2. The molecule has 4 heteroatoms. The van der Waals surface area contributed by atoms with Gasteiger partial charge >= 0.3 is 0 Å². The van der Waals surface area contributed by atoms with Crippen LogP contribution in [0.1, 0.15) is 130 Å². The summed E-state index contributed by atoms with van der Waals surface area (Å²) in [4.78, 5) is 0. The molecule has 0 spiro atoms. The van der Waals surface area contributed by atoms with Gasteiger partial charge in [-0.1, -0.05) is 105 Å². The van der Waals surface area contributed by atoms with Gasteiger partial charge in [0.25, 0.3) is 0 Å². The van der Waals surface area contributed by atoms with Gasteiger partial charge in [-0.05, 0) is 72.5 Å². The fraction of sp³-hybridized carbons (Fsp3) is 0.632. The maximum Gasteiger partial charge on any atom is 0.135 e. The quantitative estimate of drug-likeness (QED) is 0.0826. The Hall–Kier alpha value is -1.78. The lowest BCUT2D eigenvalue weighted by Crippen LogP contribution is -2.13. The molecule has 2 atom stereocenters. The second-order valence-electron chi connectivity index (χ2n) is 12.5. The largest absolute Gasteiger partial charge is 0.492 e. The van der Waals surface area contributed by atoms with Gasteiger partial charge in [0, 0.05) is 30.9 Å². The highest BCUT2D eigenvalue weighted by Gasteiger charge is 2.20. The molecule has 0 saturated heterocycles. The third-order valence-electron chi connectivity index (χ3n) is 9.00. The van der Waals surface area contributed by atoms with Crippen molar-refractivity contribution in [2.24, 2.45) is 11.8 Å². The minimum absolute atomic E-state index is 0.624. The van der Waals surface area contributed by atoms with E-state index in [1.54, 1.807) is 0 Å². The van der Waals surface area contributed by atoms with Gasteiger partial charge in [-0.15, -0.1) is 22.7 Å². The maximum atomic E-state index is 6.90. The molecule has 2 heterocycles. The number of ether oxygens (including phenoxy) is 2. The summed E-state index contributed by atoms with van der Waals surface area (Å²) < 4.78 is 16.4. The number of hydrogen-bond donors (Lipinski definition) is 0. The van der Waals surface area contributed by atoms with Crippen molar-refractivity contribution in [3.05, 3.63) is 35.0 Å². The molecule has 2 unspecified atom stereocenters. The van der Waals surface area contributed by atoms with Gasteiger partial charge in [-0.25, -0.2) is 0 Å². The summed E-state index contributed by atoms with van der Waals surface area (Å²) in [5, 5.41) is 9.39. The van der Waals surface area contributed by atoms with Crippen LogP contribution in [0.3, 0.4) is 0 Å². The van der Waals surface area contributed by atoms with E-state index in [1.807, 2.05) is 22.7 Å². The third-order valence-corrected chi connectivity index (χ3v) is 10.7. The highest BCUT2D eigenvalue weighted by atomic mass is 32.1. The summed E-state index contributed by atoms with van der Waals surface area (Å²) in [5.41, 5.74) is 0. The lowest BCUT2D eigenvalue weighted by molar-refractivity contribution is 0.227. The summed E-state index contributed by atoms with van der Waals surface area (Å²) in [6, 6.07) is 9.26. The van der Waals surface area contributed by atoms with Crippen LogP contribution in [0.5, 0.6) is 11.5 Å². The van der Waals surface area contributed by atoms with Crippen molar-refractivity contribution in [3.8, 4) is 11.5 Å². The Balaban J connectivity index is 1.63. The molecule has 4 aromatic rings. The normalized spacial score (nSPS) is 13.3. The molecule has 0 radical (unpaired) electrons. The molecule has 0 aliphatic carbocycles. The topological polar surface area (TPSA) is 18.5 Å². The van der Waals surface area contributed by atoms with Crippen LogP contribution in [0, 0.1) is 11.8 Å². The third kappa shape index (κ3) is 9.11. The molecule has 0 N–H and O–H groups in total. The number of unbranched alkanes of at least 4 members (excludes halogenated alkanes) is 8. The van der Waals surface area contributed by atoms with Gasteiger partial charge in [-0.3, -0.25) is 0 Å². The Morgan fingerprint density at radius 1 is 0.500 bits per heavy atom. The fourth-order valence-corrected chi connectivity index (χ4v) is 8.01. The molecule has 4 rings (SSSR count). The van der Waals surface area contributed by atoms with Crippen LogP contribution >= 0.6 is 22.7 Å². The molecule has 2 aromatic carbocycles. The molecule has 42 heavy (non-hydrogen) atoms. The summed E-state index contributed by atoms with van der Waals surface area (Å²) in [6.45, 7) is 10.8. The smallest absolute Gasteiger partial charge is 0.135 e. The summed E-state index contributed by atoms with van der Waals surface area (Å²) in [7, 11) is 0. The second-order valence-corrected chi connectivity index (χ2v) is 14.4. The maximum absolute atomic E-state index is 6.90. The van der Waals surface area contributed by atoms with Gasteiger partial charge in [0.15, 0.2) is 0 Å². The van der Waals surface area contributed by atoms with Crippen molar-refractivity contribution in [3.63, 3.8) is 0 Å². The van der Waals surface area contributed by atoms with Crippen LogP contribution in [0.15, 0.2) is 35.0 Å². The molecular formula is C38H56O2S2. The van der Waals surface area contributed by atoms with E-state index in [9.17, 15) is 0 Å². The van der Waals surface area contributed by atoms with Crippen molar-refractivity contribution >= 4 is 53.6 Å². The van der Waals surface area contributed by atoms with Crippen molar-refractivity contribution < 1.29 is 9.47 Å². The number of hydrogen-bond acceptors (Lipinski definition) is 4. The average Bonchev–Trinajstić information content (AvgIpc) is 3.68. The van der Waals surface area contributed by atoms with Crippen molar-refractivity contribution in [2.45, 2.75) is 130 Å². The molecule has 232 valence electrons. The van der Waals surface area contributed by atoms with Crippen LogP contribution in [-0.4, -0.2) is 13.2 Å². The van der Waals surface area contributed by atoms with Crippen LogP contribution in [-0.2, 0) is 0 Å². The van der Waals surface area contributed by atoms with E-state index in [-0.39, 0.29) is 0 Å². The first-order valence-corrected chi connectivity index (χ1v) is 19.1. The first-order valence-electron chi connectivity index (χ1n) is 17.3. The molecule has 0 fully saturated rings. The predicted molar refractivity (Wildman–Crippen MR) is 189 cm³/mol. The lowest BCUT2D eigenvalue weighted by Gasteiger charge is -2.21. The van der Waals surface area contributed by atoms with Gasteiger partial charge in [0.1, 0.15) is 11.5 Å². The molecule has 0 aliphatic heterocycles. The predicted octanol–water partition coefficient (Wildman–Crippen LogP) is 13.6. The van der Waals surface area contributed by atoms with E-state index in [0.717, 1.165) is 24.7 Å². The highest BCUT2D eigenvalue weighted by Crippen LogP contribution is 2.46. The van der Waals surface area contributed by atoms with Crippen molar-refractivity contribution in [1.82, 2.24) is 0 Å². The van der Waals surface area contributed by atoms with E-state index < -0.39 is 0 Å². The highest BCUT2D eigenvalue weighted by molar-refractivity contribution is 7.17. The molecular weight excluding hydrogens is 553 g/mol. The minimum Gasteiger partial charge on any atom is -0.492 e. The number of fused-ring (bicyclic) bond motifs is 3. The first-order chi connectivity index (χ1) is 20.7. The zero-order valence-electron chi connectivity index (χ0n) is 27.0. The van der Waals surface area contributed by atoms with E-state index in [0.29, 0.717) is 11.8 Å². The Morgan fingerprint density at radius 3 is 1.31 bits per heavy atom. The Labute approximate surface area is 264 Å². The van der Waals surface area contributed by atoms with Crippen LogP contribution in [0.4, 0.5) is 0 Å². The van der Waals surface area contributed by atoms with Crippen molar-refractivity contribution in [2.75, 3.05) is 13.2 Å². The van der Waals surface area contributed by atoms with E-state index in [2.05, 4.69) is 62.7 Å². The van der Waals surface area contributed by atoms with E-state index in [4.69, 9.17) is 9.47 Å². The first kappa shape index (κ1) is 33.1. The zero-order valence-corrected chi connectivity index (χ0v) is 28.6. The SMILES string of the molecule is CCCCCCC(CCCC)COc1c2ccsc2cc2c(OCC(CCCC)CCCCCC)c3ccsc3cc12. The van der Waals surface area contributed by atoms with E-state index in [1.165, 1.54) is 134 Å². The lowest BCUT2D eigenvalue weighted by atomic mass is 9.95. The van der Waals surface area contributed by atoms with Crippen LogP contribution in [0.2, 0.25) is 0 Å². The Morgan fingerprint density at radius 2 is 0.905 bits per heavy atom. The fourth-order valence-electron chi connectivity index (χ4n) is 6.36. The molecule has 2 nitrogen and oxygen atoms in total. The van der Waals surface area contributed by atoms with Gasteiger partial charge < -0.3 is 9.47 Å². The monoisotopic (exact) mass is 608 g/mol. The van der Waals surface area contributed by atoms with Gasteiger partial charge in [0.2, 0.25) is 0 Å². The Bertz CT molecular complexity index is 1220.